The first-order valence-corrected chi connectivity index (χ1v) is 5.82. The van der Waals surface area contributed by atoms with Gasteiger partial charge < -0.3 is 0 Å². The van der Waals surface area contributed by atoms with Gasteiger partial charge in [0.25, 0.3) is 0 Å². The van der Waals surface area contributed by atoms with Crippen molar-refractivity contribution in [3.05, 3.63) is 22.7 Å². The van der Waals surface area contributed by atoms with Crippen LogP contribution in [0.1, 0.15) is 5.82 Å². The van der Waals surface area contributed by atoms with Crippen molar-refractivity contribution in [3.63, 3.8) is 0 Å². The fourth-order valence-corrected chi connectivity index (χ4v) is 2.81. The minimum atomic E-state index is 0.831. The number of rotatable bonds is 1. The molecular weight excluding hydrogens is 216 g/mol. The van der Waals surface area contributed by atoms with E-state index in [0.29, 0.717) is 0 Å². The summed E-state index contributed by atoms with van der Waals surface area (Å²) in [6, 6.07) is 2.06. The van der Waals surface area contributed by atoms with Crippen molar-refractivity contribution >= 4 is 27.6 Å². The second-order valence-corrected chi connectivity index (χ2v) is 4.60. The Morgan fingerprint density at radius 1 is 1.36 bits per heavy atom. The number of thiophene rings is 1. The van der Waals surface area contributed by atoms with Crippen LogP contribution in [0.2, 0.25) is 0 Å². The Balaban J connectivity index is 2.24. The van der Waals surface area contributed by atoms with Gasteiger partial charge in [-0.2, -0.15) is 21.0 Å². The third-order valence-electron chi connectivity index (χ3n) is 1.91. The van der Waals surface area contributed by atoms with Gasteiger partial charge in [-0.15, -0.1) is 10.2 Å². The Morgan fingerprint density at radius 2 is 2.29 bits per heavy atom. The molecule has 6 heteroatoms. The molecule has 0 atom stereocenters. The highest BCUT2D eigenvalue weighted by atomic mass is 32.1. The standard InChI is InChI=1S/C8H6N4S2/c1-5-9-10-8-12(5)11-7(14-8)6-2-3-13-4-6/h2-4H,1H3. The summed E-state index contributed by atoms with van der Waals surface area (Å²) in [5.41, 5.74) is 1.16. The molecule has 4 nitrogen and oxygen atoms in total. The smallest absolute Gasteiger partial charge is 0.187 e. The topological polar surface area (TPSA) is 43.1 Å². The van der Waals surface area contributed by atoms with Crippen molar-refractivity contribution in [2.75, 3.05) is 0 Å². The molecule has 0 fully saturated rings. The molecule has 0 amide bonds. The van der Waals surface area contributed by atoms with E-state index in [1.165, 1.54) is 0 Å². The molecule has 0 aromatic carbocycles. The number of hydrogen-bond donors (Lipinski definition) is 0. The number of nitrogens with zero attached hydrogens (tertiary/aromatic N) is 4. The van der Waals surface area contributed by atoms with Gasteiger partial charge in [-0.3, -0.25) is 0 Å². The molecular formula is C8H6N4S2. The largest absolute Gasteiger partial charge is 0.234 e. The molecule has 3 aromatic heterocycles. The van der Waals surface area contributed by atoms with Crippen molar-refractivity contribution in [1.82, 2.24) is 19.8 Å². The first-order chi connectivity index (χ1) is 6.84. The van der Waals surface area contributed by atoms with Gasteiger partial charge in [-0.25, -0.2) is 0 Å². The maximum Gasteiger partial charge on any atom is 0.234 e. The minimum Gasteiger partial charge on any atom is -0.187 e. The van der Waals surface area contributed by atoms with Gasteiger partial charge in [-0.1, -0.05) is 11.3 Å². The van der Waals surface area contributed by atoms with Gasteiger partial charge in [0.2, 0.25) is 4.96 Å². The van der Waals surface area contributed by atoms with Gasteiger partial charge in [0.05, 0.1) is 0 Å². The zero-order chi connectivity index (χ0) is 9.54. The molecule has 70 valence electrons. The Hall–Kier alpha value is -1.27. The van der Waals surface area contributed by atoms with Gasteiger partial charge in [0.15, 0.2) is 5.82 Å². The summed E-state index contributed by atoms with van der Waals surface area (Å²) in [4.78, 5) is 0.851. The maximum absolute atomic E-state index is 4.43. The van der Waals surface area contributed by atoms with Crippen molar-refractivity contribution in [1.29, 1.82) is 0 Å². The molecule has 0 N–H and O–H groups in total. The SMILES string of the molecule is Cc1nnc2sc(-c3ccsc3)nn12. The number of aryl methyl sites for hydroxylation is 1. The highest BCUT2D eigenvalue weighted by Gasteiger charge is 2.09. The zero-order valence-electron chi connectivity index (χ0n) is 7.34. The fraction of sp³-hybridized carbons (Fsp3) is 0.125. The van der Waals surface area contributed by atoms with Crippen molar-refractivity contribution < 1.29 is 0 Å². The van der Waals surface area contributed by atoms with Crippen LogP contribution in [-0.4, -0.2) is 19.8 Å². The molecule has 0 spiro atoms. The van der Waals surface area contributed by atoms with Crippen LogP contribution >= 0.6 is 22.7 Å². The molecule has 3 heterocycles. The van der Waals surface area contributed by atoms with E-state index in [4.69, 9.17) is 0 Å². The second-order valence-electron chi connectivity index (χ2n) is 2.86. The van der Waals surface area contributed by atoms with E-state index in [2.05, 4.69) is 26.7 Å². The quantitative estimate of drug-likeness (QED) is 0.634. The van der Waals surface area contributed by atoms with Crippen molar-refractivity contribution in [3.8, 4) is 10.6 Å². The maximum atomic E-state index is 4.43. The molecule has 0 unspecified atom stereocenters. The summed E-state index contributed by atoms with van der Waals surface area (Å²) in [7, 11) is 0. The van der Waals surface area contributed by atoms with Crippen LogP contribution in [-0.2, 0) is 0 Å². The van der Waals surface area contributed by atoms with E-state index in [1.807, 2.05) is 12.3 Å². The first-order valence-electron chi connectivity index (χ1n) is 4.06. The predicted octanol–water partition coefficient (Wildman–Crippen LogP) is 2.22. The van der Waals surface area contributed by atoms with Crippen LogP contribution < -0.4 is 0 Å². The average Bonchev–Trinajstić information content (AvgIpc) is 2.83. The molecule has 0 radical (unpaired) electrons. The van der Waals surface area contributed by atoms with Gasteiger partial charge in [0, 0.05) is 10.9 Å². The van der Waals surface area contributed by atoms with Gasteiger partial charge >= 0.3 is 0 Å². The van der Waals surface area contributed by atoms with E-state index in [1.54, 1.807) is 27.2 Å². The Labute approximate surface area is 87.8 Å². The van der Waals surface area contributed by atoms with E-state index in [-0.39, 0.29) is 0 Å². The molecule has 0 aliphatic heterocycles. The minimum absolute atomic E-state index is 0.831. The molecule has 3 aromatic rings. The Morgan fingerprint density at radius 3 is 3.00 bits per heavy atom. The third kappa shape index (κ3) is 1.08. The van der Waals surface area contributed by atoms with E-state index in [0.717, 1.165) is 21.4 Å². The predicted molar refractivity (Wildman–Crippen MR) is 56.7 cm³/mol. The van der Waals surface area contributed by atoms with Crippen LogP contribution in [0.4, 0.5) is 0 Å². The van der Waals surface area contributed by atoms with Crippen LogP contribution in [0.25, 0.3) is 15.5 Å². The lowest BCUT2D eigenvalue weighted by atomic mass is 10.4. The Bertz CT molecular complexity index is 563. The summed E-state index contributed by atoms with van der Waals surface area (Å²) in [6.45, 7) is 1.90. The highest BCUT2D eigenvalue weighted by molar-refractivity contribution is 7.20. The molecule has 0 bridgehead atoms. The van der Waals surface area contributed by atoms with E-state index < -0.39 is 0 Å². The summed E-state index contributed by atoms with van der Waals surface area (Å²) in [6.07, 6.45) is 0. The molecule has 0 saturated carbocycles. The number of aromatic nitrogens is 4. The van der Waals surface area contributed by atoms with E-state index >= 15 is 0 Å². The van der Waals surface area contributed by atoms with Crippen molar-refractivity contribution in [2.24, 2.45) is 0 Å². The van der Waals surface area contributed by atoms with Crippen LogP contribution in [0.15, 0.2) is 16.8 Å². The van der Waals surface area contributed by atoms with Gasteiger partial charge in [-0.05, 0) is 18.4 Å². The lowest BCUT2D eigenvalue weighted by molar-refractivity contribution is 0.898. The summed E-state index contributed by atoms with van der Waals surface area (Å²) >= 11 is 3.23. The second kappa shape index (κ2) is 2.86. The number of hydrogen-bond acceptors (Lipinski definition) is 5. The third-order valence-corrected chi connectivity index (χ3v) is 3.55. The summed E-state index contributed by atoms with van der Waals surface area (Å²) in [5, 5.41) is 17.5. The molecule has 0 aliphatic rings. The molecule has 0 aliphatic carbocycles. The monoisotopic (exact) mass is 222 g/mol. The number of fused-ring (bicyclic) bond motifs is 1. The average molecular weight is 222 g/mol. The van der Waals surface area contributed by atoms with Crippen LogP contribution in [0.3, 0.4) is 0 Å². The highest BCUT2D eigenvalue weighted by Crippen LogP contribution is 2.26. The fourth-order valence-electron chi connectivity index (χ4n) is 1.22. The lowest BCUT2D eigenvalue weighted by Gasteiger charge is -1.85. The van der Waals surface area contributed by atoms with Crippen molar-refractivity contribution in [2.45, 2.75) is 6.92 Å². The first kappa shape index (κ1) is 8.07. The van der Waals surface area contributed by atoms with E-state index in [9.17, 15) is 0 Å². The van der Waals surface area contributed by atoms with Gasteiger partial charge in [0.1, 0.15) is 5.01 Å². The van der Waals surface area contributed by atoms with Crippen LogP contribution in [0.5, 0.6) is 0 Å². The summed E-state index contributed by atoms with van der Waals surface area (Å²) < 4.78 is 1.78. The van der Waals surface area contributed by atoms with Crippen LogP contribution in [0, 0.1) is 6.92 Å². The molecule has 0 saturated heterocycles. The molecule has 3 rings (SSSR count). The lowest BCUT2D eigenvalue weighted by Crippen LogP contribution is -1.87. The normalized spacial score (nSPS) is 11.2. The Kier molecular flexibility index (Phi) is 1.65. The summed E-state index contributed by atoms with van der Waals surface area (Å²) in [5.74, 6) is 0.831. The zero-order valence-corrected chi connectivity index (χ0v) is 8.97. The molecule has 14 heavy (non-hydrogen) atoms.